The summed E-state index contributed by atoms with van der Waals surface area (Å²) in [6, 6.07) is 0. The molecule has 1 saturated carbocycles. The summed E-state index contributed by atoms with van der Waals surface area (Å²) < 4.78 is 4.67. The molecule has 0 bridgehead atoms. The number of esters is 1. The Morgan fingerprint density at radius 1 is 1.04 bits per heavy atom. The van der Waals surface area contributed by atoms with Gasteiger partial charge >= 0.3 is 5.97 Å². The number of unbranched alkanes of at least 4 members (excludes halogenated alkanes) is 5. The highest BCUT2D eigenvalue weighted by Crippen LogP contribution is 2.36. The maximum Gasteiger partial charge on any atom is 0.305 e. The smallest absolute Gasteiger partial charge is 0.305 e. The van der Waals surface area contributed by atoms with Crippen molar-refractivity contribution in [3.05, 3.63) is 24.3 Å². The Balaban J connectivity index is 2.08. The third-order valence-corrected chi connectivity index (χ3v) is 5.01. The molecule has 0 aliphatic heterocycles. The summed E-state index contributed by atoms with van der Waals surface area (Å²) in [5.74, 6) is 1.66. The molecular weight excluding hydrogens is 284 g/mol. The molecule has 0 aromatic rings. The van der Waals surface area contributed by atoms with Crippen molar-refractivity contribution in [3.63, 3.8) is 0 Å². The largest absolute Gasteiger partial charge is 0.469 e. The van der Waals surface area contributed by atoms with Crippen LogP contribution in [0.15, 0.2) is 24.3 Å². The molecule has 0 N–H and O–H groups in total. The molecule has 1 aliphatic carbocycles. The van der Waals surface area contributed by atoms with E-state index in [9.17, 15) is 4.79 Å². The highest BCUT2D eigenvalue weighted by Gasteiger charge is 2.24. The van der Waals surface area contributed by atoms with Gasteiger partial charge in [0.2, 0.25) is 0 Å². The first-order valence-electron chi connectivity index (χ1n) is 9.62. The van der Waals surface area contributed by atoms with Crippen molar-refractivity contribution in [2.45, 2.75) is 84.0 Å². The summed E-state index contributed by atoms with van der Waals surface area (Å²) in [5, 5.41) is 0. The highest BCUT2D eigenvalue weighted by atomic mass is 16.5. The Bertz CT molecular complexity index is 357. The second-order valence-electron chi connectivity index (χ2n) is 6.81. The first kappa shape index (κ1) is 20.0. The van der Waals surface area contributed by atoms with Crippen molar-refractivity contribution in [3.8, 4) is 0 Å². The minimum Gasteiger partial charge on any atom is -0.469 e. The third kappa shape index (κ3) is 9.63. The van der Waals surface area contributed by atoms with Crippen molar-refractivity contribution in [1.29, 1.82) is 0 Å². The van der Waals surface area contributed by atoms with E-state index in [2.05, 4.69) is 36.0 Å². The number of carbonyl (C=O) groups is 1. The molecule has 1 fully saturated rings. The van der Waals surface area contributed by atoms with Crippen LogP contribution in [0, 0.1) is 11.8 Å². The van der Waals surface area contributed by atoms with Crippen molar-refractivity contribution < 1.29 is 9.53 Å². The fourth-order valence-electron chi connectivity index (χ4n) is 3.60. The van der Waals surface area contributed by atoms with Crippen LogP contribution >= 0.6 is 0 Å². The molecular formula is C21H36O2. The van der Waals surface area contributed by atoms with Crippen LogP contribution in [0.1, 0.15) is 84.0 Å². The van der Waals surface area contributed by atoms with Crippen molar-refractivity contribution in [1.82, 2.24) is 0 Å². The molecule has 0 saturated heterocycles. The molecule has 1 rings (SSSR count). The maximum atomic E-state index is 11.0. The zero-order chi connectivity index (χ0) is 16.8. The van der Waals surface area contributed by atoms with Crippen LogP contribution in [-0.2, 0) is 9.53 Å². The number of hydrogen-bond acceptors (Lipinski definition) is 2. The first-order valence-corrected chi connectivity index (χ1v) is 9.62. The van der Waals surface area contributed by atoms with E-state index in [4.69, 9.17) is 0 Å². The molecule has 1 aliphatic rings. The monoisotopic (exact) mass is 320 g/mol. The zero-order valence-electron chi connectivity index (χ0n) is 15.3. The number of rotatable bonds is 12. The predicted molar refractivity (Wildman–Crippen MR) is 98.4 cm³/mol. The van der Waals surface area contributed by atoms with E-state index in [1.54, 1.807) is 0 Å². The molecule has 0 amide bonds. The molecule has 2 atom stereocenters. The molecule has 0 aromatic heterocycles. The van der Waals surface area contributed by atoms with E-state index in [1.807, 2.05) is 0 Å². The van der Waals surface area contributed by atoms with Gasteiger partial charge in [-0.2, -0.15) is 0 Å². The predicted octanol–water partition coefficient (Wildman–Crippen LogP) is 6.22. The van der Waals surface area contributed by atoms with E-state index in [0.717, 1.165) is 24.7 Å². The van der Waals surface area contributed by atoms with E-state index in [1.165, 1.54) is 64.9 Å². The fraction of sp³-hybridized carbons (Fsp3) is 0.762. The van der Waals surface area contributed by atoms with Gasteiger partial charge in [0.1, 0.15) is 0 Å². The Hall–Kier alpha value is -1.05. The molecule has 23 heavy (non-hydrogen) atoms. The lowest BCUT2D eigenvalue weighted by Gasteiger charge is -2.16. The second kappa shape index (κ2) is 13.4. The number of hydrogen-bond donors (Lipinski definition) is 0. The number of carbonyl (C=O) groups excluding carboxylic acids is 1. The van der Waals surface area contributed by atoms with Crippen LogP contribution < -0.4 is 0 Å². The Kier molecular flexibility index (Phi) is 11.6. The molecule has 132 valence electrons. The summed E-state index contributed by atoms with van der Waals surface area (Å²) >= 11 is 0. The lowest BCUT2D eigenvalue weighted by molar-refractivity contribution is -0.140. The SMILES string of the molecule is CC=CCCCC=C[C@H]1CCC[C@@H]1CCCCCCC(=O)OC. The number of allylic oxidation sites excluding steroid dienone is 4. The van der Waals surface area contributed by atoms with Crippen LogP contribution in [0.3, 0.4) is 0 Å². The maximum absolute atomic E-state index is 11.0. The summed E-state index contributed by atoms with van der Waals surface area (Å²) in [4.78, 5) is 11.0. The molecule has 0 unspecified atom stereocenters. The van der Waals surface area contributed by atoms with Crippen LogP contribution in [0.2, 0.25) is 0 Å². The number of methoxy groups -OCH3 is 1. The minimum atomic E-state index is -0.0691. The van der Waals surface area contributed by atoms with Gasteiger partial charge in [0.15, 0.2) is 0 Å². The van der Waals surface area contributed by atoms with Crippen molar-refractivity contribution in [2.75, 3.05) is 7.11 Å². The van der Waals surface area contributed by atoms with Crippen LogP contribution in [-0.4, -0.2) is 13.1 Å². The first-order chi connectivity index (χ1) is 11.3. The Morgan fingerprint density at radius 3 is 2.61 bits per heavy atom. The van der Waals surface area contributed by atoms with Gasteiger partial charge < -0.3 is 4.74 Å². The van der Waals surface area contributed by atoms with Crippen LogP contribution in [0.4, 0.5) is 0 Å². The molecule has 0 radical (unpaired) electrons. The van der Waals surface area contributed by atoms with Gasteiger partial charge in [-0.05, 0) is 63.7 Å². The van der Waals surface area contributed by atoms with E-state index < -0.39 is 0 Å². The molecule has 2 nitrogen and oxygen atoms in total. The summed E-state index contributed by atoms with van der Waals surface area (Å²) in [7, 11) is 1.47. The zero-order valence-corrected chi connectivity index (χ0v) is 15.3. The van der Waals surface area contributed by atoms with E-state index in [0.29, 0.717) is 6.42 Å². The number of ether oxygens (including phenoxy) is 1. The molecule has 0 spiro atoms. The minimum absolute atomic E-state index is 0.0691. The molecule has 2 heteroatoms. The van der Waals surface area contributed by atoms with Crippen molar-refractivity contribution >= 4 is 5.97 Å². The topological polar surface area (TPSA) is 26.3 Å². The van der Waals surface area contributed by atoms with Gasteiger partial charge in [-0.25, -0.2) is 0 Å². The Labute approximate surface area is 143 Å². The van der Waals surface area contributed by atoms with E-state index in [-0.39, 0.29) is 5.97 Å². The summed E-state index contributed by atoms with van der Waals surface area (Å²) in [6.07, 6.45) is 23.9. The molecule has 0 heterocycles. The van der Waals surface area contributed by atoms with Gasteiger partial charge in [0.25, 0.3) is 0 Å². The average molecular weight is 321 g/mol. The normalized spacial score (nSPS) is 21.5. The molecule has 0 aromatic carbocycles. The van der Waals surface area contributed by atoms with Gasteiger partial charge in [-0.15, -0.1) is 0 Å². The van der Waals surface area contributed by atoms with Crippen molar-refractivity contribution in [2.24, 2.45) is 11.8 Å². The lowest BCUT2D eigenvalue weighted by Crippen LogP contribution is -2.05. The van der Waals surface area contributed by atoms with Gasteiger partial charge in [-0.3, -0.25) is 4.79 Å². The Morgan fingerprint density at radius 2 is 1.83 bits per heavy atom. The van der Waals surface area contributed by atoms with Gasteiger partial charge in [-0.1, -0.05) is 50.0 Å². The van der Waals surface area contributed by atoms with Crippen LogP contribution in [0.25, 0.3) is 0 Å². The summed E-state index contributed by atoms with van der Waals surface area (Å²) in [6.45, 7) is 2.09. The highest BCUT2D eigenvalue weighted by molar-refractivity contribution is 5.68. The van der Waals surface area contributed by atoms with Crippen LogP contribution in [0.5, 0.6) is 0 Å². The third-order valence-electron chi connectivity index (χ3n) is 5.01. The average Bonchev–Trinajstić information content (AvgIpc) is 3.01. The fourth-order valence-corrected chi connectivity index (χ4v) is 3.60. The van der Waals surface area contributed by atoms with Gasteiger partial charge in [0.05, 0.1) is 7.11 Å². The second-order valence-corrected chi connectivity index (χ2v) is 6.81. The summed E-state index contributed by atoms with van der Waals surface area (Å²) in [5.41, 5.74) is 0. The quantitative estimate of drug-likeness (QED) is 0.242. The standard InChI is InChI=1S/C21H36O2/c1-3-4-5-6-7-10-14-19-16-13-17-20(19)15-11-8-9-12-18-21(22)23-2/h3-4,10,14,19-20H,5-9,11-13,15-18H2,1-2H3/t19-,20-/m0/s1. The van der Waals surface area contributed by atoms with Gasteiger partial charge in [0, 0.05) is 6.42 Å². The van der Waals surface area contributed by atoms with E-state index >= 15 is 0 Å². The lowest BCUT2D eigenvalue weighted by atomic mass is 9.90.